The third-order valence-corrected chi connectivity index (χ3v) is 6.23. The first kappa shape index (κ1) is 13.8. The SMILES string of the molecule is O=C(O)C1(C(=O)Oc2ccccc2)CCC2C3CCC(C3)C21. The van der Waals surface area contributed by atoms with E-state index >= 15 is 0 Å². The molecule has 1 aromatic rings. The van der Waals surface area contributed by atoms with Crippen LogP contribution in [0.3, 0.4) is 0 Å². The second kappa shape index (κ2) is 4.83. The number of hydrogen-bond donors (Lipinski definition) is 1. The van der Waals surface area contributed by atoms with Crippen LogP contribution in [0.1, 0.15) is 32.1 Å². The molecule has 5 unspecified atom stereocenters. The molecule has 5 atom stereocenters. The van der Waals surface area contributed by atoms with Gasteiger partial charge in [0.25, 0.3) is 0 Å². The van der Waals surface area contributed by atoms with Crippen molar-refractivity contribution < 1.29 is 19.4 Å². The fourth-order valence-corrected chi connectivity index (χ4v) is 5.42. The van der Waals surface area contributed by atoms with Gasteiger partial charge in [-0.1, -0.05) is 18.2 Å². The van der Waals surface area contributed by atoms with Crippen LogP contribution in [0, 0.1) is 29.1 Å². The Kier molecular flexibility index (Phi) is 3.03. The summed E-state index contributed by atoms with van der Waals surface area (Å²) in [5.74, 6) is 0.260. The number of rotatable bonds is 3. The molecule has 0 saturated heterocycles. The third-order valence-electron chi connectivity index (χ3n) is 6.23. The standard InChI is InChI=1S/C18H20O4/c19-16(20)18(17(21)22-13-4-2-1-3-5-13)9-8-14-11-6-7-12(10-11)15(14)18/h1-5,11-12,14-15H,6-10H2,(H,19,20). The Hall–Kier alpha value is -1.84. The predicted octanol–water partition coefficient (Wildman–Crippen LogP) is 3.12. The summed E-state index contributed by atoms with van der Waals surface area (Å²) in [6.45, 7) is 0. The second-order valence-corrected chi connectivity index (χ2v) is 7.04. The highest BCUT2D eigenvalue weighted by molar-refractivity contribution is 6.01. The minimum Gasteiger partial charge on any atom is -0.480 e. The Morgan fingerprint density at radius 1 is 1.09 bits per heavy atom. The van der Waals surface area contributed by atoms with E-state index in [1.165, 1.54) is 6.42 Å². The molecule has 0 heterocycles. The highest BCUT2D eigenvalue weighted by atomic mass is 16.5. The lowest BCUT2D eigenvalue weighted by molar-refractivity contribution is -0.168. The maximum Gasteiger partial charge on any atom is 0.329 e. The molecule has 1 N–H and O–H groups in total. The summed E-state index contributed by atoms with van der Waals surface area (Å²) in [5.41, 5.74) is -1.33. The fraction of sp³-hybridized carbons (Fsp3) is 0.556. The number of carboxylic acid groups (broad SMARTS) is 1. The van der Waals surface area contributed by atoms with Gasteiger partial charge in [0.2, 0.25) is 0 Å². The van der Waals surface area contributed by atoms with Gasteiger partial charge in [0.15, 0.2) is 5.41 Å². The minimum absolute atomic E-state index is 0.0278. The summed E-state index contributed by atoms with van der Waals surface area (Å²) in [5, 5.41) is 9.89. The molecule has 0 amide bonds. The van der Waals surface area contributed by atoms with Crippen LogP contribution in [0.5, 0.6) is 5.75 Å². The van der Waals surface area contributed by atoms with Crippen molar-refractivity contribution >= 4 is 11.9 Å². The van der Waals surface area contributed by atoms with Gasteiger partial charge < -0.3 is 9.84 Å². The normalized spacial score (nSPS) is 38.7. The van der Waals surface area contributed by atoms with E-state index in [4.69, 9.17) is 4.74 Å². The smallest absolute Gasteiger partial charge is 0.329 e. The Balaban J connectivity index is 1.66. The van der Waals surface area contributed by atoms with Gasteiger partial charge in [-0.05, 0) is 67.9 Å². The van der Waals surface area contributed by atoms with Crippen LogP contribution >= 0.6 is 0 Å². The summed E-state index contributed by atoms with van der Waals surface area (Å²) in [6.07, 6.45) is 4.65. The maximum atomic E-state index is 12.8. The van der Waals surface area contributed by atoms with Gasteiger partial charge in [-0.15, -0.1) is 0 Å². The van der Waals surface area contributed by atoms with Crippen LogP contribution in [-0.2, 0) is 9.59 Å². The van der Waals surface area contributed by atoms with Crippen molar-refractivity contribution in [3.8, 4) is 5.75 Å². The van der Waals surface area contributed by atoms with Crippen molar-refractivity contribution in [2.75, 3.05) is 0 Å². The van der Waals surface area contributed by atoms with E-state index in [1.807, 2.05) is 6.07 Å². The summed E-state index contributed by atoms with van der Waals surface area (Å²) in [4.78, 5) is 24.9. The van der Waals surface area contributed by atoms with E-state index < -0.39 is 17.4 Å². The summed E-state index contributed by atoms with van der Waals surface area (Å²) >= 11 is 0. The molecular formula is C18H20O4. The van der Waals surface area contributed by atoms with Crippen molar-refractivity contribution in [3.05, 3.63) is 30.3 Å². The Morgan fingerprint density at radius 2 is 1.82 bits per heavy atom. The number of hydrogen-bond acceptors (Lipinski definition) is 3. The summed E-state index contributed by atoms with van der Waals surface area (Å²) in [7, 11) is 0. The lowest BCUT2D eigenvalue weighted by atomic mass is 9.69. The van der Waals surface area contributed by atoms with Crippen molar-refractivity contribution in [3.63, 3.8) is 0 Å². The summed E-state index contributed by atoms with van der Waals surface area (Å²) in [6, 6.07) is 8.79. The molecule has 4 nitrogen and oxygen atoms in total. The number of ether oxygens (including phenoxy) is 1. The molecule has 116 valence electrons. The number of carbonyl (C=O) groups excluding carboxylic acids is 1. The van der Waals surface area contributed by atoms with E-state index in [1.54, 1.807) is 24.3 Å². The molecule has 0 aliphatic heterocycles. The maximum absolute atomic E-state index is 12.8. The predicted molar refractivity (Wildman–Crippen MR) is 79.2 cm³/mol. The topological polar surface area (TPSA) is 63.6 Å². The van der Waals surface area contributed by atoms with Crippen LogP contribution in [0.2, 0.25) is 0 Å². The van der Waals surface area contributed by atoms with Gasteiger partial charge in [0, 0.05) is 0 Å². The van der Waals surface area contributed by atoms with E-state index in [-0.39, 0.29) is 5.92 Å². The van der Waals surface area contributed by atoms with Crippen molar-refractivity contribution in [2.24, 2.45) is 29.1 Å². The van der Waals surface area contributed by atoms with E-state index in [9.17, 15) is 14.7 Å². The van der Waals surface area contributed by atoms with E-state index in [2.05, 4.69) is 0 Å². The third kappa shape index (κ3) is 1.76. The van der Waals surface area contributed by atoms with Crippen molar-refractivity contribution in [1.82, 2.24) is 0 Å². The van der Waals surface area contributed by atoms with Gasteiger partial charge >= 0.3 is 11.9 Å². The number of aliphatic carboxylic acids is 1. The first-order valence-electron chi connectivity index (χ1n) is 8.13. The van der Waals surface area contributed by atoms with Crippen LogP contribution in [-0.4, -0.2) is 17.0 Å². The zero-order valence-corrected chi connectivity index (χ0v) is 12.4. The monoisotopic (exact) mass is 300 g/mol. The molecule has 22 heavy (non-hydrogen) atoms. The molecule has 1 aromatic carbocycles. The van der Waals surface area contributed by atoms with Crippen LogP contribution in [0.25, 0.3) is 0 Å². The first-order chi connectivity index (χ1) is 10.6. The lowest BCUT2D eigenvalue weighted by Crippen LogP contribution is -2.48. The largest absolute Gasteiger partial charge is 0.480 e. The number of para-hydroxylation sites is 1. The molecule has 0 aromatic heterocycles. The van der Waals surface area contributed by atoms with Gasteiger partial charge in [-0.2, -0.15) is 0 Å². The quantitative estimate of drug-likeness (QED) is 0.529. The summed E-state index contributed by atoms with van der Waals surface area (Å²) < 4.78 is 5.46. The van der Waals surface area contributed by atoms with Crippen LogP contribution < -0.4 is 4.74 Å². The molecule has 3 aliphatic carbocycles. The Morgan fingerprint density at radius 3 is 2.55 bits per heavy atom. The molecule has 4 heteroatoms. The average Bonchev–Trinajstić information content (AvgIpc) is 3.20. The number of carbonyl (C=O) groups is 2. The number of esters is 1. The zero-order valence-electron chi connectivity index (χ0n) is 12.4. The van der Waals surface area contributed by atoms with Gasteiger partial charge in [0.05, 0.1) is 0 Å². The molecule has 0 spiro atoms. The second-order valence-electron chi connectivity index (χ2n) is 7.04. The van der Waals surface area contributed by atoms with Crippen molar-refractivity contribution in [2.45, 2.75) is 32.1 Å². The van der Waals surface area contributed by atoms with E-state index in [0.29, 0.717) is 29.9 Å². The fourth-order valence-electron chi connectivity index (χ4n) is 5.42. The van der Waals surface area contributed by atoms with Crippen molar-refractivity contribution in [1.29, 1.82) is 0 Å². The number of carboxylic acids is 1. The Bertz CT molecular complexity index is 611. The van der Waals surface area contributed by atoms with Gasteiger partial charge in [-0.3, -0.25) is 9.59 Å². The van der Waals surface area contributed by atoms with Gasteiger partial charge in [0.1, 0.15) is 5.75 Å². The number of benzene rings is 1. The average molecular weight is 300 g/mol. The lowest BCUT2D eigenvalue weighted by Gasteiger charge is -2.34. The molecule has 3 fully saturated rings. The van der Waals surface area contributed by atoms with E-state index in [0.717, 1.165) is 19.3 Å². The molecule has 2 bridgehead atoms. The zero-order chi connectivity index (χ0) is 15.3. The Labute approximate surface area is 129 Å². The molecular weight excluding hydrogens is 280 g/mol. The highest BCUT2D eigenvalue weighted by Crippen LogP contribution is 2.65. The van der Waals surface area contributed by atoms with Gasteiger partial charge in [-0.25, -0.2) is 0 Å². The van der Waals surface area contributed by atoms with Crippen LogP contribution in [0.15, 0.2) is 30.3 Å². The minimum atomic E-state index is -1.33. The number of fused-ring (bicyclic) bond motifs is 5. The molecule has 3 aliphatic rings. The van der Waals surface area contributed by atoms with Crippen LogP contribution in [0.4, 0.5) is 0 Å². The highest BCUT2D eigenvalue weighted by Gasteiger charge is 2.67. The first-order valence-corrected chi connectivity index (χ1v) is 8.13. The molecule has 3 saturated carbocycles. The molecule has 0 radical (unpaired) electrons. The molecule has 4 rings (SSSR count).